The number of ether oxygens (including phenoxy) is 1. The van der Waals surface area contributed by atoms with Crippen LogP contribution in [0.3, 0.4) is 0 Å². The molecule has 8 heteroatoms. The third-order valence-corrected chi connectivity index (χ3v) is 4.64. The Morgan fingerprint density at radius 1 is 1.07 bits per heavy atom. The minimum absolute atomic E-state index is 0.327. The fourth-order valence-electron chi connectivity index (χ4n) is 2.62. The molecular weight excluding hydrogens is 434 g/mol. The van der Waals surface area contributed by atoms with Crippen molar-refractivity contribution in [1.29, 1.82) is 0 Å². The van der Waals surface area contributed by atoms with Crippen molar-refractivity contribution in [2.75, 3.05) is 5.32 Å². The molecule has 0 radical (unpaired) electrons. The Balaban J connectivity index is 1.47. The highest BCUT2D eigenvalue weighted by molar-refractivity contribution is 9.10. The Labute approximate surface area is 175 Å². The molecule has 0 spiro atoms. The molecule has 0 saturated carbocycles. The lowest BCUT2D eigenvalue weighted by molar-refractivity contribution is 0.102. The second-order valence-corrected chi connectivity index (χ2v) is 7.04. The number of aromatic nitrogens is 4. The molecule has 2 N–H and O–H groups in total. The van der Waals surface area contributed by atoms with E-state index in [2.05, 4.69) is 41.4 Å². The third-order valence-electron chi connectivity index (χ3n) is 4.11. The van der Waals surface area contributed by atoms with Gasteiger partial charge in [-0.1, -0.05) is 28.1 Å². The van der Waals surface area contributed by atoms with Crippen molar-refractivity contribution < 1.29 is 9.53 Å². The summed E-state index contributed by atoms with van der Waals surface area (Å²) in [6.45, 7) is 0.342. The maximum atomic E-state index is 12.6. The van der Waals surface area contributed by atoms with Gasteiger partial charge in [-0.15, -0.1) is 0 Å². The number of rotatable bonds is 6. The van der Waals surface area contributed by atoms with E-state index in [1.807, 2.05) is 36.4 Å². The van der Waals surface area contributed by atoms with Crippen molar-refractivity contribution in [2.24, 2.45) is 0 Å². The first-order valence-corrected chi connectivity index (χ1v) is 9.58. The zero-order valence-electron chi connectivity index (χ0n) is 15.2. The van der Waals surface area contributed by atoms with Crippen LogP contribution in [0.1, 0.15) is 16.1 Å². The molecule has 4 rings (SSSR count). The summed E-state index contributed by atoms with van der Waals surface area (Å²) in [6, 6.07) is 16.6. The molecule has 0 aliphatic carbocycles. The Bertz CT molecular complexity index is 1110. The maximum absolute atomic E-state index is 12.6. The number of carbonyl (C=O) groups excluding carboxylic acids is 1. The van der Waals surface area contributed by atoms with E-state index in [-0.39, 0.29) is 5.91 Å². The highest BCUT2D eigenvalue weighted by atomic mass is 79.9. The van der Waals surface area contributed by atoms with E-state index in [4.69, 9.17) is 4.74 Å². The van der Waals surface area contributed by atoms with E-state index in [0.29, 0.717) is 29.6 Å². The standard InChI is InChI=1S/C21H16BrN5O2/c22-16-5-3-15(4-6-16)17-12-18(27-26-17)21(28)25-20-19(2-1-9-24-20)29-13-14-7-10-23-11-8-14/h1-12H,13H2,(H,26,27)(H,24,25,28). The first-order chi connectivity index (χ1) is 14.2. The van der Waals surface area contributed by atoms with Crippen LogP contribution in [-0.2, 0) is 6.61 Å². The number of carbonyl (C=O) groups is 1. The van der Waals surface area contributed by atoms with Crippen molar-refractivity contribution in [2.45, 2.75) is 6.61 Å². The lowest BCUT2D eigenvalue weighted by Crippen LogP contribution is -2.14. The number of hydrogen-bond acceptors (Lipinski definition) is 5. The molecule has 4 aromatic rings. The van der Waals surface area contributed by atoms with Gasteiger partial charge in [0.25, 0.3) is 5.91 Å². The summed E-state index contributed by atoms with van der Waals surface area (Å²) >= 11 is 3.40. The summed E-state index contributed by atoms with van der Waals surface area (Å²) in [5.41, 5.74) is 2.88. The number of amides is 1. The molecule has 0 unspecified atom stereocenters. The second kappa shape index (κ2) is 8.66. The Hall–Kier alpha value is -3.52. The molecule has 144 valence electrons. The fraction of sp³-hybridized carbons (Fsp3) is 0.0476. The van der Waals surface area contributed by atoms with E-state index in [9.17, 15) is 4.79 Å². The molecule has 0 saturated heterocycles. The zero-order chi connectivity index (χ0) is 20.1. The number of halogens is 1. The van der Waals surface area contributed by atoms with Crippen LogP contribution in [0.25, 0.3) is 11.3 Å². The van der Waals surface area contributed by atoms with E-state index >= 15 is 0 Å². The zero-order valence-corrected chi connectivity index (χ0v) is 16.8. The van der Waals surface area contributed by atoms with E-state index in [1.54, 1.807) is 36.8 Å². The number of nitrogens with one attached hydrogen (secondary N) is 2. The number of aromatic amines is 1. The van der Waals surface area contributed by atoms with Gasteiger partial charge in [-0.05, 0) is 48.0 Å². The lowest BCUT2D eigenvalue weighted by Gasteiger charge is -2.11. The van der Waals surface area contributed by atoms with Crippen LogP contribution in [0.15, 0.2) is 77.7 Å². The van der Waals surface area contributed by atoms with E-state index < -0.39 is 0 Å². The van der Waals surface area contributed by atoms with Crippen molar-refractivity contribution in [3.8, 4) is 17.0 Å². The molecule has 7 nitrogen and oxygen atoms in total. The summed E-state index contributed by atoms with van der Waals surface area (Å²) in [6.07, 6.45) is 4.99. The summed E-state index contributed by atoms with van der Waals surface area (Å²) in [7, 11) is 0. The first kappa shape index (κ1) is 18.8. The molecule has 0 atom stereocenters. The van der Waals surface area contributed by atoms with Crippen LogP contribution in [0.4, 0.5) is 5.82 Å². The van der Waals surface area contributed by atoms with Gasteiger partial charge in [0, 0.05) is 28.6 Å². The van der Waals surface area contributed by atoms with Gasteiger partial charge in [0.15, 0.2) is 11.6 Å². The topological polar surface area (TPSA) is 92.8 Å². The SMILES string of the molecule is O=C(Nc1ncccc1OCc1ccncc1)c1cc(-c2ccc(Br)cc2)n[nH]1. The normalized spacial score (nSPS) is 10.5. The largest absolute Gasteiger partial charge is 0.485 e. The van der Waals surface area contributed by atoms with Gasteiger partial charge in [-0.2, -0.15) is 5.10 Å². The maximum Gasteiger partial charge on any atom is 0.274 e. The van der Waals surface area contributed by atoms with Crippen LogP contribution < -0.4 is 10.1 Å². The highest BCUT2D eigenvalue weighted by Gasteiger charge is 2.14. The number of benzene rings is 1. The van der Waals surface area contributed by atoms with Crippen LogP contribution >= 0.6 is 15.9 Å². The van der Waals surface area contributed by atoms with Gasteiger partial charge in [0.2, 0.25) is 0 Å². The molecular formula is C21H16BrN5O2. The predicted molar refractivity (Wildman–Crippen MR) is 112 cm³/mol. The average molecular weight is 450 g/mol. The smallest absolute Gasteiger partial charge is 0.274 e. The molecule has 1 aromatic carbocycles. The molecule has 0 bridgehead atoms. The Kier molecular flexibility index (Phi) is 5.62. The van der Waals surface area contributed by atoms with E-state index in [0.717, 1.165) is 15.6 Å². The highest BCUT2D eigenvalue weighted by Crippen LogP contribution is 2.24. The summed E-state index contributed by atoms with van der Waals surface area (Å²) in [4.78, 5) is 20.9. The molecule has 3 aromatic heterocycles. The predicted octanol–water partition coefficient (Wildman–Crippen LogP) is 4.46. The minimum atomic E-state index is -0.353. The summed E-state index contributed by atoms with van der Waals surface area (Å²) in [5, 5.41) is 9.76. The average Bonchev–Trinajstić information content (AvgIpc) is 3.25. The van der Waals surface area contributed by atoms with Crippen LogP contribution in [-0.4, -0.2) is 26.1 Å². The number of H-pyrrole nitrogens is 1. The monoisotopic (exact) mass is 449 g/mol. The first-order valence-electron chi connectivity index (χ1n) is 8.78. The van der Waals surface area contributed by atoms with Gasteiger partial charge in [0.1, 0.15) is 12.3 Å². The Morgan fingerprint density at radius 2 is 1.86 bits per heavy atom. The van der Waals surface area contributed by atoms with Gasteiger partial charge in [-0.3, -0.25) is 14.9 Å². The van der Waals surface area contributed by atoms with Crippen molar-refractivity contribution in [3.63, 3.8) is 0 Å². The lowest BCUT2D eigenvalue weighted by atomic mass is 10.1. The van der Waals surface area contributed by atoms with Crippen molar-refractivity contribution >= 4 is 27.7 Å². The molecule has 3 heterocycles. The molecule has 0 aliphatic rings. The second-order valence-electron chi connectivity index (χ2n) is 6.12. The van der Waals surface area contributed by atoms with Crippen molar-refractivity contribution in [3.05, 3.63) is 88.9 Å². The number of pyridine rings is 2. The van der Waals surface area contributed by atoms with Gasteiger partial charge in [0.05, 0.1) is 5.69 Å². The molecule has 29 heavy (non-hydrogen) atoms. The van der Waals surface area contributed by atoms with Crippen LogP contribution in [0.2, 0.25) is 0 Å². The van der Waals surface area contributed by atoms with E-state index in [1.165, 1.54) is 0 Å². The summed E-state index contributed by atoms with van der Waals surface area (Å²) < 4.78 is 6.79. The number of hydrogen-bond donors (Lipinski definition) is 2. The van der Waals surface area contributed by atoms with Crippen LogP contribution in [0, 0.1) is 0 Å². The molecule has 0 aliphatic heterocycles. The Morgan fingerprint density at radius 3 is 2.66 bits per heavy atom. The molecule has 0 fully saturated rings. The quantitative estimate of drug-likeness (QED) is 0.453. The van der Waals surface area contributed by atoms with Gasteiger partial charge >= 0.3 is 0 Å². The number of anilines is 1. The summed E-state index contributed by atoms with van der Waals surface area (Å²) in [5.74, 6) is 0.463. The van der Waals surface area contributed by atoms with Crippen LogP contribution in [0.5, 0.6) is 5.75 Å². The minimum Gasteiger partial charge on any atom is -0.485 e. The fourth-order valence-corrected chi connectivity index (χ4v) is 2.89. The number of nitrogens with zero attached hydrogens (tertiary/aromatic N) is 3. The van der Waals surface area contributed by atoms with Gasteiger partial charge in [-0.25, -0.2) is 4.98 Å². The third kappa shape index (κ3) is 4.67. The van der Waals surface area contributed by atoms with Gasteiger partial charge < -0.3 is 10.1 Å². The molecule has 1 amide bonds. The van der Waals surface area contributed by atoms with Crippen molar-refractivity contribution in [1.82, 2.24) is 20.2 Å².